The maximum absolute atomic E-state index is 13.9. The van der Waals surface area contributed by atoms with Crippen LogP contribution in [0.5, 0.6) is 0 Å². The van der Waals surface area contributed by atoms with E-state index in [0.29, 0.717) is 24.3 Å². The molecule has 1 aliphatic rings. The van der Waals surface area contributed by atoms with Crippen molar-refractivity contribution in [1.29, 1.82) is 0 Å². The summed E-state index contributed by atoms with van der Waals surface area (Å²) in [6, 6.07) is 10.9. The van der Waals surface area contributed by atoms with Gasteiger partial charge < -0.3 is 10.2 Å². The molecule has 0 atom stereocenters. The molecule has 1 N–H and O–H groups in total. The van der Waals surface area contributed by atoms with Crippen LogP contribution < -0.4 is 5.32 Å². The Morgan fingerprint density at radius 2 is 1.84 bits per heavy atom. The number of anilines is 1. The Hall–Kier alpha value is -3.76. The molecule has 4 aromatic rings. The zero-order valence-electron chi connectivity index (χ0n) is 20.6. The minimum atomic E-state index is -4.53. The van der Waals surface area contributed by atoms with Crippen LogP contribution in [0.1, 0.15) is 27.0 Å². The van der Waals surface area contributed by atoms with Crippen molar-refractivity contribution in [3.05, 3.63) is 83.3 Å². The highest BCUT2D eigenvalue weighted by molar-refractivity contribution is 6.05. The molecule has 0 aliphatic carbocycles. The lowest BCUT2D eigenvalue weighted by atomic mass is 9.99. The van der Waals surface area contributed by atoms with Crippen molar-refractivity contribution in [2.24, 2.45) is 0 Å². The highest BCUT2D eigenvalue weighted by atomic mass is 19.4. The van der Waals surface area contributed by atoms with E-state index in [1.807, 2.05) is 18.9 Å². The monoisotopic (exact) mass is 508 g/mol. The Morgan fingerprint density at radius 3 is 2.59 bits per heavy atom. The molecule has 192 valence electrons. The number of carbonyl (C=O) groups is 1. The predicted octanol–water partition coefficient (Wildman–Crippen LogP) is 4.72. The zero-order valence-corrected chi connectivity index (χ0v) is 20.6. The lowest BCUT2D eigenvalue weighted by molar-refractivity contribution is -0.138. The van der Waals surface area contributed by atoms with Gasteiger partial charge in [-0.25, -0.2) is 9.50 Å². The van der Waals surface area contributed by atoms with Gasteiger partial charge in [0, 0.05) is 61.9 Å². The fourth-order valence-corrected chi connectivity index (χ4v) is 4.58. The molecule has 5 rings (SSSR count). The summed E-state index contributed by atoms with van der Waals surface area (Å²) in [4.78, 5) is 21.6. The van der Waals surface area contributed by atoms with Crippen molar-refractivity contribution in [3.8, 4) is 11.1 Å². The Balaban J connectivity index is 1.39. The average Bonchev–Trinajstić information content (AvgIpc) is 3.30. The Morgan fingerprint density at radius 1 is 1.05 bits per heavy atom. The van der Waals surface area contributed by atoms with Gasteiger partial charge in [0.2, 0.25) is 0 Å². The number of hydrogen-bond acceptors (Lipinski definition) is 5. The van der Waals surface area contributed by atoms with Gasteiger partial charge in [0.25, 0.3) is 5.91 Å². The van der Waals surface area contributed by atoms with Crippen molar-refractivity contribution >= 4 is 17.2 Å². The number of aromatic nitrogens is 3. The minimum Gasteiger partial charge on any atom is -0.322 e. The van der Waals surface area contributed by atoms with Gasteiger partial charge in [-0.3, -0.25) is 9.69 Å². The van der Waals surface area contributed by atoms with Crippen LogP contribution >= 0.6 is 0 Å². The van der Waals surface area contributed by atoms with Gasteiger partial charge in [-0.2, -0.15) is 18.3 Å². The summed E-state index contributed by atoms with van der Waals surface area (Å²) in [6.45, 7) is 5.19. The van der Waals surface area contributed by atoms with Gasteiger partial charge in [-0.1, -0.05) is 12.1 Å². The number of alkyl halides is 3. The van der Waals surface area contributed by atoms with Crippen LogP contribution in [-0.2, 0) is 12.7 Å². The van der Waals surface area contributed by atoms with E-state index in [2.05, 4.69) is 20.3 Å². The van der Waals surface area contributed by atoms with E-state index in [9.17, 15) is 18.0 Å². The second-order valence-electron chi connectivity index (χ2n) is 9.38. The molecule has 1 aliphatic heterocycles. The molecular weight excluding hydrogens is 481 g/mol. The molecule has 0 radical (unpaired) electrons. The zero-order chi connectivity index (χ0) is 26.2. The van der Waals surface area contributed by atoms with Crippen LogP contribution in [0, 0.1) is 6.92 Å². The van der Waals surface area contributed by atoms with Gasteiger partial charge in [0.1, 0.15) is 0 Å². The van der Waals surface area contributed by atoms with Gasteiger partial charge in [0.05, 0.1) is 11.8 Å². The number of nitrogens with one attached hydrogen (secondary N) is 1. The molecule has 2 aromatic carbocycles. The first kappa shape index (κ1) is 24.9. The minimum absolute atomic E-state index is 0.0965. The average molecular weight is 509 g/mol. The summed E-state index contributed by atoms with van der Waals surface area (Å²) in [5, 5.41) is 6.95. The third kappa shape index (κ3) is 5.35. The highest BCUT2D eigenvalue weighted by Gasteiger charge is 2.34. The molecule has 1 fully saturated rings. The van der Waals surface area contributed by atoms with Crippen LogP contribution in [0.4, 0.5) is 18.9 Å². The first-order valence-corrected chi connectivity index (χ1v) is 12.0. The fourth-order valence-electron chi connectivity index (χ4n) is 4.58. The van der Waals surface area contributed by atoms with Crippen LogP contribution in [-0.4, -0.2) is 63.5 Å². The highest BCUT2D eigenvalue weighted by Crippen LogP contribution is 2.35. The number of nitrogens with zero attached hydrogens (tertiary/aromatic N) is 5. The summed E-state index contributed by atoms with van der Waals surface area (Å²) in [5.41, 5.74) is 3.00. The lowest BCUT2D eigenvalue weighted by Gasteiger charge is -2.33. The van der Waals surface area contributed by atoms with Crippen molar-refractivity contribution in [3.63, 3.8) is 0 Å². The number of halogens is 3. The van der Waals surface area contributed by atoms with Gasteiger partial charge in [-0.05, 0) is 61.0 Å². The molecule has 0 unspecified atom stereocenters. The Kier molecular flexibility index (Phi) is 6.70. The predicted molar refractivity (Wildman–Crippen MR) is 135 cm³/mol. The third-order valence-corrected chi connectivity index (χ3v) is 6.73. The Labute approximate surface area is 212 Å². The van der Waals surface area contributed by atoms with Crippen LogP contribution in [0.2, 0.25) is 0 Å². The summed E-state index contributed by atoms with van der Waals surface area (Å²) in [7, 11) is 2.00. The maximum Gasteiger partial charge on any atom is 0.416 e. The topological polar surface area (TPSA) is 65.8 Å². The van der Waals surface area contributed by atoms with E-state index >= 15 is 0 Å². The normalized spacial score (nSPS) is 15.3. The Bertz CT molecular complexity index is 1440. The largest absolute Gasteiger partial charge is 0.416 e. The van der Waals surface area contributed by atoms with Gasteiger partial charge in [-0.15, -0.1) is 0 Å². The fraction of sp³-hybridized carbons (Fsp3) is 0.296. The first-order chi connectivity index (χ1) is 17.7. The van der Waals surface area contributed by atoms with Crippen molar-refractivity contribution in [1.82, 2.24) is 24.4 Å². The number of rotatable bonds is 5. The summed E-state index contributed by atoms with van der Waals surface area (Å²) in [5.74, 6) is -0.495. The number of aryl methyl sites for hydroxylation is 1. The van der Waals surface area contributed by atoms with E-state index in [-0.39, 0.29) is 17.8 Å². The molecule has 3 heterocycles. The molecule has 1 saturated heterocycles. The van der Waals surface area contributed by atoms with E-state index in [0.717, 1.165) is 35.8 Å². The SMILES string of the molecule is Cc1ccc(C(=O)Nc2ccc(CN3CCN(C)CC3)c(C(F)(F)F)c2)cc1-c1cnn2cccnc12. The van der Waals surface area contributed by atoms with E-state index in [4.69, 9.17) is 0 Å². The number of carbonyl (C=O) groups excluding carboxylic acids is 1. The molecule has 0 spiro atoms. The quantitative estimate of drug-likeness (QED) is 0.423. The summed E-state index contributed by atoms with van der Waals surface area (Å²) < 4.78 is 43.4. The number of benzene rings is 2. The van der Waals surface area contributed by atoms with E-state index in [1.165, 1.54) is 12.1 Å². The molecule has 10 heteroatoms. The van der Waals surface area contributed by atoms with E-state index in [1.54, 1.807) is 47.4 Å². The number of hydrogen-bond donors (Lipinski definition) is 1. The smallest absolute Gasteiger partial charge is 0.322 e. The standard InChI is InChI=1S/C27H27F3N6O/c1-18-4-5-19(14-22(18)23-16-32-36-9-3-8-31-25(23)36)26(37)33-21-7-6-20(24(15-21)27(28,29)30)17-35-12-10-34(2)11-13-35/h3-9,14-16H,10-13,17H2,1-2H3,(H,33,37). The lowest BCUT2D eigenvalue weighted by Crippen LogP contribution is -2.44. The molecule has 37 heavy (non-hydrogen) atoms. The molecule has 1 amide bonds. The van der Waals surface area contributed by atoms with Gasteiger partial charge in [0.15, 0.2) is 5.65 Å². The molecular formula is C27H27F3N6O. The number of piperazine rings is 1. The van der Waals surface area contributed by atoms with Gasteiger partial charge >= 0.3 is 6.18 Å². The molecule has 0 bridgehead atoms. The molecule has 0 saturated carbocycles. The number of amides is 1. The molecule has 2 aromatic heterocycles. The summed E-state index contributed by atoms with van der Waals surface area (Å²) in [6.07, 6.45) is 0.596. The number of fused-ring (bicyclic) bond motifs is 1. The first-order valence-electron chi connectivity index (χ1n) is 12.0. The summed E-state index contributed by atoms with van der Waals surface area (Å²) >= 11 is 0. The molecule has 7 nitrogen and oxygen atoms in total. The van der Waals surface area contributed by atoms with E-state index < -0.39 is 17.6 Å². The third-order valence-electron chi connectivity index (χ3n) is 6.73. The van der Waals surface area contributed by atoms with Crippen LogP contribution in [0.25, 0.3) is 16.8 Å². The van der Waals surface area contributed by atoms with Crippen molar-refractivity contribution in [2.45, 2.75) is 19.6 Å². The van der Waals surface area contributed by atoms with Crippen LogP contribution in [0.15, 0.2) is 61.1 Å². The second-order valence-corrected chi connectivity index (χ2v) is 9.38. The van der Waals surface area contributed by atoms with Crippen molar-refractivity contribution < 1.29 is 18.0 Å². The maximum atomic E-state index is 13.9. The van der Waals surface area contributed by atoms with Crippen molar-refractivity contribution in [2.75, 3.05) is 38.5 Å². The second kappa shape index (κ2) is 9.95. The van der Waals surface area contributed by atoms with Crippen LogP contribution in [0.3, 0.4) is 0 Å². The number of likely N-dealkylation sites (N-methyl/N-ethyl adjacent to an activating group) is 1.